The monoisotopic (exact) mass is 260 g/mol. The molecule has 2 heterocycles. The Hall–Kier alpha value is -2.07. The van der Waals surface area contributed by atoms with E-state index in [9.17, 15) is 4.79 Å². The lowest BCUT2D eigenvalue weighted by Crippen LogP contribution is -2.12. The van der Waals surface area contributed by atoms with Gasteiger partial charge in [-0.1, -0.05) is 23.7 Å². The molecule has 0 bridgehead atoms. The summed E-state index contributed by atoms with van der Waals surface area (Å²) in [5, 5.41) is 0.438. The van der Waals surface area contributed by atoms with Gasteiger partial charge in [0.25, 0.3) is 0 Å². The predicted molar refractivity (Wildman–Crippen MR) is 69.4 cm³/mol. The lowest BCUT2D eigenvalue weighted by molar-refractivity contribution is 0.540. The summed E-state index contributed by atoms with van der Waals surface area (Å²) >= 11 is 5.82. The molecule has 0 saturated carbocycles. The van der Waals surface area contributed by atoms with Crippen LogP contribution in [0.15, 0.2) is 45.7 Å². The Bertz CT molecular complexity index is 789. The highest BCUT2D eigenvalue weighted by Crippen LogP contribution is 2.19. The topological polar surface area (TPSA) is 48.0 Å². The molecular formula is C13H9ClN2O2. The third kappa shape index (κ3) is 1.71. The molecule has 0 unspecified atom stereocenters. The van der Waals surface area contributed by atoms with Gasteiger partial charge >= 0.3 is 5.76 Å². The van der Waals surface area contributed by atoms with Crippen LogP contribution in [-0.4, -0.2) is 9.55 Å². The van der Waals surface area contributed by atoms with Crippen molar-refractivity contribution in [3.8, 4) is 5.69 Å². The van der Waals surface area contributed by atoms with Gasteiger partial charge in [0.15, 0.2) is 11.2 Å². The molecule has 3 aromatic rings. The van der Waals surface area contributed by atoms with Crippen molar-refractivity contribution in [3.63, 3.8) is 0 Å². The van der Waals surface area contributed by atoms with E-state index in [1.807, 2.05) is 31.2 Å². The number of aromatic nitrogens is 2. The molecule has 0 N–H and O–H groups in total. The van der Waals surface area contributed by atoms with E-state index in [1.54, 1.807) is 6.07 Å². The number of hydrogen-bond acceptors (Lipinski definition) is 3. The molecule has 1 aromatic carbocycles. The Morgan fingerprint density at radius 3 is 2.94 bits per heavy atom. The smallest absolute Gasteiger partial charge is 0.406 e. The number of aryl methyl sites for hydroxylation is 1. The Morgan fingerprint density at radius 1 is 1.33 bits per heavy atom. The van der Waals surface area contributed by atoms with Gasteiger partial charge in [-0.25, -0.2) is 14.3 Å². The van der Waals surface area contributed by atoms with Gasteiger partial charge in [0.2, 0.25) is 0 Å². The summed E-state index contributed by atoms with van der Waals surface area (Å²) in [7, 11) is 0. The molecular weight excluding hydrogens is 252 g/mol. The SMILES string of the molecule is Cc1cccc(-n2c(=O)oc3cc(Cl)cnc32)c1. The number of benzene rings is 1. The van der Waals surface area contributed by atoms with Crippen molar-refractivity contribution in [1.29, 1.82) is 0 Å². The Kier molecular flexibility index (Phi) is 2.45. The van der Waals surface area contributed by atoms with Crippen LogP contribution in [0.4, 0.5) is 0 Å². The number of fused-ring (bicyclic) bond motifs is 1. The van der Waals surface area contributed by atoms with Crippen LogP contribution in [0.2, 0.25) is 5.02 Å². The summed E-state index contributed by atoms with van der Waals surface area (Å²) in [6.07, 6.45) is 1.49. The van der Waals surface area contributed by atoms with E-state index in [4.69, 9.17) is 16.0 Å². The molecule has 3 rings (SSSR count). The first-order chi connectivity index (χ1) is 8.65. The number of hydrogen-bond donors (Lipinski definition) is 0. The number of oxazole rings is 1. The zero-order valence-electron chi connectivity index (χ0n) is 9.55. The maximum atomic E-state index is 11.9. The number of halogens is 1. The lowest BCUT2D eigenvalue weighted by atomic mass is 10.2. The Morgan fingerprint density at radius 2 is 2.17 bits per heavy atom. The van der Waals surface area contributed by atoms with Crippen molar-refractivity contribution in [2.24, 2.45) is 0 Å². The molecule has 5 heteroatoms. The maximum Gasteiger partial charge on any atom is 0.425 e. The van der Waals surface area contributed by atoms with Gasteiger partial charge in [-0.15, -0.1) is 0 Å². The molecule has 0 radical (unpaired) electrons. The standard InChI is InChI=1S/C13H9ClN2O2/c1-8-3-2-4-10(5-8)16-12-11(18-13(16)17)6-9(14)7-15-12/h2-7H,1H3. The quantitative estimate of drug-likeness (QED) is 0.676. The molecule has 18 heavy (non-hydrogen) atoms. The van der Waals surface area contributed by atoms with E-state index in [2.05, 4.69) is 4.98 Å². The summed E-state index contributed by atoms with van der Waals surface area (Å²) in [5.41, 5.74) is 2.64. The van der Waals surface area contributed by atoms with E-state index in [0.717, 1.165) is 11.3 Å². The van der Waals surface area contributed by atoms with Crippen LogP contribution >= 0.6 is 11.6 Å². The van der Waals surface area contributed by atoms with E-state index in [-0.39, 0.29) is 0 Å². The minimum atomic E-state index is -0.467. The maximum absolute atomic E-state index is 11.9. The van der Waals surface area contributed by atoms with Crippen LogP contribution in [0.3, 0.4) is 0 Å². The van der Waals surface area contributed by atoms with E-state index in [1.165, 1.54) is 10.8 Å². The third-order valence-electron chi connectivity index (χ3n) is 2.65. The fourth-order valence-corrected chi connectivity index (χ4v) is 2.03. The lowest BCUT2D eigenvalue weighted by Gasteiger charge is -2.02. The highest BCUT2D eigenvalue weighted by molar-refractivity contribution is 6.30. The summed E-state index contributed by atoms with van der Waals surface area (Å²) in [6.45, 7) is 1.96. The van der Waals surface area contributed by atoms with Gasteiger partial charge in [-0.3, -0.25) is 0 Å². The average Bonchev–Trinajstić information content (AvgIpc) is 2.64. The summed E-state index contributed by atoms with van der Waals surface area (Å²) in [4.78, 5) is 16.0. The van der Waals surface area contributed by atoms with Crippen molar-refractivity contribution in [3.05, 3.63) is 57.7 Å². The second-order valence-electron chi connectivity index (χ2n) is 4.02. The summed E-state index contributed by atoms with van der Waals surface area (Å²) in [5.74, 6) is -0.467. The van der Waals surface area contributed by atoms with Crippen LogP contribution < -0.4 is 5.76 Å². The van der Waals surface area contributed by atoms with E-state index >= 15 is 0 Å². The molecule has 4 nitrogen and oxygen atoms in total. The van der Waals surface area contributed by atoms with Gasteiger partial charge in [0, 0.05) is 12.3 Å². The van der Waals surface area contributed by atoms with Crippen LogP contribution in [0, 0.1) is 6.92 Å². The minimum absolute atomic E-state index is 0.383. The second-order valence-corrected chi connectivity index (χ2v) is 4.45. The Labute approximate surface area is 107 Å². The molecule has 0 fully saturated rings. The van der Waals surface area contributed by atoms with Crippen molar-refractivity contribution in [2.45, 2.75) is 6.92 Å². The van der Waals surface area contributed by atoms with Gasteiger partial charge in [-0.2, -0.15) is 0 Å². The van der Waals surface area contributed by atoms with Crippen LogP contribution in [0.25, 0.3) is 16.9 Å². The van der Waals surface area contributed by atoms with E-state index < -0.39 is 5.76 Å². The van der Waals surface area contributed by atoms with Gasteiger partial charge < -0.3 is 4.42 Å². The second kappa shape index (κ2) is 3.99. The summed E-state index contributed by atoms with van der Waals surface area (Å²) < 4.78 is 6.56. The van der Waals surface area contributed by atoms with Gasteiger partial charge in [-0.05, 0) is 24.6 Å². The zero-order valence-corrected chi connectivity index (χ0v) is 10.3. The van der Waals surface area contributed by atoms with E-state index in [0.29, 0.717) is 16.3 Å². The predicted octanol–water partition coefficient (Wildman–Crippen LogP) is 2.94. The normalized spacial score (nSPS) is 11.0. The van der Waals surface area contributed by atoms with Gasteiger partial charge in [0.05, 0.1) is 10.7 Å². The first kappa shape index (κ1) is 11.0. The molecule has 0 spiro atoms. The number of pyridine rings is 1. The van der Waals surface area contributed by atoms with Crippen molar-refractivity contribution in [1.82, 2.24) is 9.55 Å². The molecule has 0 aliphatic carbocycles. The minimum Gasteiger partial charge on any atom is -0.406 e. The molecule has 0 saturated heterocycles. The van der Waals surface area contributed by atoms with Crippen molar-refractivity contribution >= 4 is 22.8 Å². The fourth-order valence-electron chi connectivity index (χ4n) is 1.88. The highest BCUT2D eigenvalue weighted by atomic mass is 35.5. The highest BCUT2D eigenvalue weighted by Gasteiger charge is 2.12. The first-order valence-corrected chi connectivity index (χ1v) is 5.77. The summed E-state index contributed by atoms with van der Waals surface area (Å²) in [6, 6.07) is 9.15. The molecule has 0 amide bonds. The fraction of sp³-hybridized carbons (Fsp3) is 0.0769. The van der Waals surface area contributed by atoms with Gasteiger partial charge in [0.1, 0.15) is 0 Å². The molecule has 0 aliphatic rings. The average molecular weight is 261 g/mol. The van der Waals surface area contributed by atoms with Crippen molar-refractivity contribution in [2.75, 3.05) is 0 Å². The van der Waals surface area contributed by atoms with Crippen molar-refractivity contribution < 1.29 is 4.42 Å². The zero-order chi connectivity index (χ0) is 12.7. The van der Waals surface area contributed by atoms with Crippen LogP contribution in [0.1, 0.15) is 5.56 Å². The Balaban J connectivity index is 2.35. The molecule has 0 atom stereocenters. The molecule has 2 aromatic heterocycles. The van der Waals surface area contributed by atoms with Crippen LogP contribution in [-0.2, 0) is 0 Å². The molecule has 0 aliphatic heterocycles. The third-order valence-corrected chi connectivity index (χ3v) is 2.86. The number of nitrogens with zero attached hydrogens (tertiary/aromatic N) is 2. The van der Waals surface area contributed by atoms with Crippen LogP contribution in [0.5, 0.6) is 0 Å². The number of rotatable bonds is 1. The largest absolute Gasteiger partial charge is 0.425 e. The first-order valence-electron chi connectivity index (χ1n) is 5.39. The molecule has 90 valence electrons.